The van der Waals surface area contributed by atoms with Gasteiger partial charge in [-0.25, -0.2) is 0 Å². The molecule has 258 valence electrons. The van der Waals surface area contributed by atoms with Crippen molar-refractivity contribution in [3.05, 3.63) is 82.9 Å². The van der Waals surface area contributed by atoms with Crippen LogP contribution in [0.1, 0.15) is 72.6 Å². The van der Waals surface area contributed by atoms with Crippen molar-refractivity contribution in [1.29, 1.82) is 0 Å². The molecular formula is C41H48N2O6. The van der Waals surface area contributed by atoms with E-state index in [-0.39, 0.29) is 77.4 Å². The molecule has 1 aliphatic heterocycles. The third-order valence-electron chi connectivity index (χ3n) is 12.1. The second-order valence-corrected chi connectivity index (χ2v) is 14.7. The number of Topliss-reactive ketones (excluding diaryl/α,β-unsaturated/α-hetero) is 1. The average Bonchev–Trinajstić information content (AvgIpc) is 3.09. The Morgan fingerprint density at radius 2 is 1.78 bits per heavy atom. The molecule has 1 unspecified atom stereocenters. The third kappa shape index (κ3) is 5.96. The van der Waals surface area contributed by atoms with Gasteiger partial charge in [-0.15, -0.1) is 0 Å². The molecule has 3 aliphatic carbocycles. The van der Waals surface area contributed by atoms with Crippen molar-refractivity contribution in [2.45, 2.75) is 74.3 Å². The highest BCUT2D eigenvalue weighted by Gasteiger charge is 2.62. The highest BCUT2D eigenvalue weighted by atomic mass is 16.5. The highest BCUT2D eigenvalue weighted by molar-refractivity contribution is 5.80. The zero-order chi connectivity index (χ0) is 34.3. The zero-order valence-corrected chi connectivity index (χ0v) is 28.4. The van der Waals surface area contributed by atoms with E-state index in [2.05, 4.69) is 34.6 Å². The van der Waals surface area contributed by atoms with Crippen molar-refractivity contribution >= 4 is 5.78 Å². The third-order valence-corrected chi connectivity index (χ3v) is 12.1. The quantitative estimate of drug-likeness (QED) is 0.158. The van der Waals surface area contributed by atoms with Crippen molar-refractivity contribution in [3.63, 3.8) is 0 Å². The molecular weight excluding hydrogens is 616 g/mol. The predicted molar refractivity (Wildman–Crippen MR) is 188 cm³/mol. The number of methoxy groups -OCH3 is 1. The number of aliphatic hydroxyl groups excluding tert-OH is 1. The molecule has 49 heavy (non-hydrogen) atoms. The number of hydrogen-bond acceptors (Lipinski definition) is 8. The van der Waals surface area contributed by atoms with E-state index in [1.165, 1.54) is 7.11 Å². The van der Waals surface area contributed by atoms with Gasteiger partial charge >= 0.3 is 0 Å². The summed E-state index contributed by atoms with van der Waals surface area (Å²) in [6.45, 7) is 1.33. The molecule has 1 saturated heterocycles. The summed E-state index contributed by atoms with van der Waals surface area (Å²) < 4.78 is 5.46. The first-order valence-corrected chi connectivity index (χ1v) is 17.8. The summed E-state index contributed by atoms with van der Waals surface area (Å²) in [5.74, 6) is 6.72. The molecule has 0 amide bonds. The maximum atomic E-state index is 14.2. The minimum Gasteiger partial charge on any atom is -0.504 e. The van der Waals surface area contributed by atoms with Crippen LogP contribution in [0.2, 0.25) is 0 Å². The van der Waals surface area contributed by atoms with Gasteiger partial charge in [-0.05, 0) is 91.1 Å². The first kappa shape index (κ1) is 33.5. The van der Waals surface area contributed by atoms with E-state index < -0.39 is 11.5 Å². The Morgan fingerprint density at radius 1 is 0.980 bits per heavy atom. The molecule has 4 aliphatic rings. The largest absolute Gasteiger partial charge is 0.504 e. The van der Waals surface area contributed by atoms with Crippen LogP contribution in [0.15, 0.2) is 60.7 Å². The maximum Gasteiger partial charge on any atom is 0.160 e. The number of carbonyl (C=O) groups is 1. The van der Waals surface area contributed by atoms with Gasteiger partial charge in [-0.3, -0.25) is 4.79 Å². The Labute approximate surface area is 288 Å². The lowest BCUT2D eigenvalue weighted by Crippen LogP contribution is -2.69. The molecule has 1 saturated carbocycles. The lowest BCUT2D eigenvalue weighted by atomic mass is 9.44. The van der Waals surface area contributed by atoms with Crippen LogP contribution >= 0.6 is 0 Å². The summed E-state index contributed by atoms with van der Waals surface area (Å²) in [5.41, 5.74) is 3.40. The van der Waals surface area contributed by atoms with Crippen LogP contribution in [0, 0.1) is 35.5 Å². The van der Waals surface area contributed by atoms with Crippen LogP contribution in [-0.4, -0.2) is 65.6 Å². The molecule has 0 bridgehead atoms. The van der Waals surface area contributed by atoms with Crippen LogP contribution in [0.5, 0.6) is 23.0 Å². The Bertz CT molecular complexity index is 1750. The van der Waals surface area contributed by atoms with E-state index >= 15 is 0 Å². The van der Waals surface area contributed by atoms with Gasteiger partial charge in [0.15, 0.2) is 23.0 Å². The van der Waals surface area contributed by atoms with Gasteiger partial charge in [-0.2, -0.15) is 0 Å². The number of fused-ring (bicyclic) bond motifs is 2. The van der Waals surface area contributed by atoms with Gasteiger partial charge in [0, 0.05) is 61.1 Å². The summed E-state index contributed by atoms with van der Waals surface area (Å²) in [6.07, 6.45) is 3.75. The van der Waals surface area contributed by atoms with Crippen molar-refractivity contribution in [3.8, 4) is 34.8 Å². The monoisotopic (exact) mass is 664 g/mol. The number of carbonyl (C=O) groups excluding carboxylic acids is 1. The predicted octanol–water partition coefficient (Wildman–Crippen LogP) is 5.13. The van der Waals surface area contributed by atoms with Crippen molar-refractivity contribution < 1.29 is 30.0 Å². The van der Waals surface area contributed by atoms with Crippen molar-refractivity contribution in [2.75, 3.05) is 27.2 Å². The minimum absolute atomic E-state index is 0.00710. The van der Waals surface area contributed by atoms with Crippen LogP contribution in [-0.2, 0) is 16.6 Å². The number of ketones is 1. The number of phenolic OH excluding ortho intramolecular Hbond substituents is 3. The number of benzene rings is 3. The maximum absolute atomic E-state index is 14.2. The molecule has 1 spiro atoms. The normalized spacial score (nSPS) is 32.3. The first-order valence-electron chi connectivity index (χ1n) is 17.8. The van der Waals surface area contributed by atoms with Crippen molar-refractivity contribution in [1.82, 2.24) is 10.6 Å². The van der Waals surface area contributed by atoms with Gasteiger partial charge in [0.2, 0.25) is 0 Å². The smallest absolute Gasteiger partial charge is 0.160 e. The Balaban J connectivity index is 1.39. The lowest BCUT2D eigenvalue weighted by molar-refractivity contribution is -0.125. The van der Waals surface area contributed by atoms with E-state index in [0.717, 1.165) is 54.5 Å². The van der Waals surface area contributed by atoms with Crippen LogP contribution in [0.4, 0.5) is 0 Å². The molecule has 8 nitrogen and oxygen atoms in total. The fraction of sp³-hybridized carbons (Fsp3) is 0.488. The molecule has 0 radical (unpaired) electrons. The van der Waals surface area contributed by atoms with Gasteiger partial charge in [0.1, 0.15) is 5.78 Å². The number of hydrogen-bond donors (Lipinski definition) is 6. The molecule has 7 rings (SSSR count). The van der Waals surface area contributed by atoms with E-state index in [1.807, 2.05) is 31.3 Å². The Kier molecular flexibility index (Phi) is 9.36. The number of ether oxygens (including phenoxy) is 1. The Morgan fingerprint density at radius 3 is 2.55 bits per heavy atom. The number of likely N-dealkylation sites (N-methyl/N-ethyl adjacent to an activating group) is 1. The standard InChI is InChI=1S/C41H48N2O6/c1-42-22-28-16-29-9-6-10-39-41(29,33-21-36(47)35(46)20-32(28)33)40-27(23-43-39)12-11-25(15-24-7-4-3-5-8-24)31(18-30(44)19-37(40)48)26-13-14-34(45)38(17-26)49-2/h3-5,7-8,13-14,17,20-21,25,27-29,31,37,39-40,42-43,45-48H,6,9-10,15-16,18-19,22-23H2,1-2H3/t25-,27+,28-,29+,31+,37-,39-,40?,41+/m0/s1. The van der Waals surface area contributed by atoms with Gasteiger partial charge in [0.05, 0.1) is 13.2 Å². The van der Waals surface area contributed by atoms with Crippen LogP contribution < -0.4 is 15.4 Å². The fourth-order valence-corrected chi connectivity index (χ4v) is 10.2. The number of rotatable bonds is 6. The van der Waals surface area contributed by atoms with Gasteiger partial charge < -0.3 is 35.8 Å². The number of aliphatic hydroxyl groups is 1. The van der Waals surface area contributed by atoms with Crippen molar-refractivity contribution in [2.24, 2.45) is 23.7 Å². The summed E-state index contributed by atoms with van der Waals surface area (Å²) in [6, 6.07) is 19.0. The van der Waals surface area contributed by atoms with Gasteiger partial charge in [0.25, 0.3) is 0 Å². The fourth-order valence-electron chi connectivity index (χ4n) is 10.2. The van der Waals surface area contributed by atoms with E-state index in [0.29, 0.717) is 18.7 Å². The van der Waals surface area contributed by atoms with E-state index in [9.17, 15) is 25.2 Å². The molecule has 0 aromatic heterocycles. The molecule has 2 fully saturated rings. The molecule has 3 aromatic carbocycles. The molecule has 9 atom stereocenters. The second-order valence-electron chi connectivity index (χ2n) is 14.7. The van der Waals surface area contributed by atoms with E-state index in [4.69, 9.17) is 4.74 Å². The Hall–Kier alpha value is -4.03. The first-order chi connectivity index (χ1) is 23.7. The summed E-state index contributed by atoms with van der Waals surface area (Å²) in [4.78, 5) is 14.2. The number of piperidine rings is 1. The molecule has 8 heteroatoms. The lowest BCUT2D eigenvalue weighted by Gasteiger charge is -2.63. The van der Waals surface area contributed by atoms with E-state index in [1.54, 1.807) is 24.3 Å². The summed E-state index contributed by atoms with van der Waals surface area (Å²) in [7, 11) is 3.45. The SMILES string of the molecule is CNC[C@@H]1C[C@H]2CCC[C@@H]3NC[C@H]4C#C[C@@H](Cc5ccccc5)[C@H](c5ccc(O)c(OC)c5)CC(=O)C[C@H](O)C4[C@@]23c2cc(O)c(O)cc21. The topological polar surface area (TPSA) is 131 Å². The minimum atomic E-state index is -0.942. The summed E-state index contributed by atoms with van der Waals surface area (Å²) in [5, 5.41) is 51.6. The van der Waals surface area contributed by atoms with Crippen LogP contribution in [0.25, 0.3) is 0 Å². The average molecular weight is 665 g/mol. The number of phenols is 3. The molecule has 6 N–H and O–H groups in total. The number of nitrogens with one attached hydrogen (secondary N) is 2. The zero-order valence-electron chi connectivity index (χ0n) is 28.4. The molecule has 3 aromatic rings. The van der Waals surface area contributed by atoms with Gasteiger partial charge in [-0.1, -0.05) is 54.7 Å². The second kappa shape index (κ2) is 13.7. The number of aromatic hydroxyl groups is 3. The summed E-state index contributed by atoms with van der Waals surface area (Å²) >= 11 is 0. The highest BCUT2D eigenvalue weighted by Crippen LogP contribution is 2.62. The molecule has 1 heterocycles. The van der Waals surface area contributed by atoms with Crippen LogP contribution in [0.3, 0.4) is 0 Å².